The maximum atomic E-state index is 6.60. The van der Waals surface area contributed by atoms with E-state index in [0.717, 1.165) is 84.2 Å². The molecule has 0 radical (unpaired) electrons. The van der Waals surface area contributed by atoms with Crippen LogP contribution in [0.3, 0.4) is 0 Å². The van der Waals surface area contributed by atoms with Crippen molar-refractivity contribution in [2.75, 3.05) is 36.0 Å². The van der Waals surface area contributed by atoms with Gasteiger partial charge in [0, 0.05) is 29.1 Å². The van der Waals surface area contributed by atoms with E-state index >= 15 is 0 Å². The Bertz CT molecular complexity index is 1590. The van der Waals surface area contributed by atoms with Crippen molar-refractivity contribution < 1.29 is 9.97 Å². The van der Waals surface area contributed by atoms with Crippen molar-refractivity contribution in [2.45, 2.75) is 24.8 Å². The van der Waals surface area contributed by atoms with E-state index in [2.05, 4.69) is 90.5 Å². The predicted molar refractivity (Wildman–Crippen MR) is 152 cm³/mol. The zero-order valence-electron chi connectivity index (χ0n) is 21.8. The maximum absolute atomic E-state index is 6.60. The van der Waals surface area contributed by atoms with E-state index in [0.29, 0.717) is 0 Å². The number of anilines is 2. The van der Waals surface area contributed by atoms with Crippen LogP contribution in [0.4, 0.5) is 11.8 Å². The number of hydrogen-bond acceptors (Lipinski definition) is 6. The molecule has 1 saturated carbocycles. The lowest BCUT2D eigenvalue weighted by Crippen LogP contribution is -2.50. The van der Waals surface area contributed by atoms with Gasteiger partial charge in [-0.25, -0.2) is 14.9 Å². The highest BCUT2D eigenvalue weighted by Crippen LogP contribution is 2.40. The molecule has 0 atom stereocenters. The van der Waals surface area contributed by atoms with Gasteiger partial charge in [-0.3, -0.25) is 4.98 Å². The van der Waals surface area contributed by atoms with E-state index in [4.69, 9.17) is 10.7 Å². The highest BCUT2D eigenvalue weighted by molar-refractivity contribution is 5.88. The lowest BCUT2D eigenvalue weighted by Gasteiger charge is -2.38. The number of piperazine rings is 1. The van der Waals surface area contributed by atoms with Gasteiger partial charge in [-0.2, -0.15) is 4.98 Å². The molecule has 2 aliphatic rings. The third-order valence-electron chi connectivity index (χ3n) is 8.19. The van der Waals surface area contributed by atoms with Crippen molar-refractivity contribution in [1.29, 1.82) is 0 Å². The number of aromatic nitrogens is 5. The Hall–Kier alpha value is -4.43. The molecule has 1 aliphatic heterocycles. The van der Waals surface area contributed by atoms with Gasteiger partial charge in [0.05, 0.1) is 19.3 Å². The quantitative estimate of drug-likeness (QED) is 0.383. The second-order valence-corrected chi connectivity index (χ2v) is 10.6. The Morgan fingerprint density at radius 1 is 0.846 bits per heavy atom. The third-order valence-corrected chi connectivity index (χ3v) is 8.19. The largest absolute Gasteiger partial charge is 0.443 e. The van der Waals surface area contributed by atoms with Crippen LogP contribution in [0.5, 0.6) is 0 Å². The average molecular weight is 517 g/mol. The van der Waals surface area contributed by atoms with Gasteiger partial charge in [0.2, 0.25) is 0 Å². The Balaban J connectivity index is 1.23. The fraction of sp³-hybridized carbons (Fsp3) is 0.258. The molecule has 3 aromatic heterocycles. The van der Waals surface area contributed by atoms with Crippen molar-refractivity contribution in [3.05, 3.63) is 91.0 Å². The fourth-order valence-electron chi connectivity index (χ4n) is 5.68. The number of pyridine rings is 1. The molecule has 2 fully saturated rings. The molecule has 4 N–H and O–H groups in total. The van der Waals surface area contributed by atoms with Crippen molar-refractivity contribution in [1.82, 2.24) is 15.0 Å². The minimum absolute atomic E-state index is 0.173. The molecular weight excluding hydrogens is 484 g/mol. The van der Waals surface area contributed by atoms with Crippen LogP contribution < -0.4 is 25.5 Å². The first kappa shape index (κ1) is 23.7. The molecule has 0 amide bonds. The van der Waals surface area contributed by atoms with Gasteiger partial charge in [0.25, 0.3) is 0 Å². The van der Waals surface area contributed by atoms with Crippen LogP contribution in [0, 0.1) is 0 Å². The topological polar surface area (TPSA) is 99.5 Å². The number of nitrogens with two attached hydrogens (primary N) is 1. The van der Waals surface area contributed by atoms with Crippen LogP contribution in [0.1, 0.15) is 24.8 Å². The molecular formula is C31H32N8+2. The van der Waals surface area contributed by atoms with Crippen molar-refractivity contribution in [3.8, 4) is 22.4 Å². The van der Waals surface area contributed by atoms with Crippen LogP contribution in [0.2, 0.25) is 0 Å². The first-order valence-corrected chi connectivity index (χ1v) is 13.7. The molecule has 2 aromatic carbocycles. The molecule has 8 nitrogen and oxygen atoms in total. The Labute approximate surface area is 227 Å². The maximum Gasteiger partial charge on any atom is 0.443 e. The SMILES string of the molecule is NC1(c2ccc(-c3nc4[nH+]c(N5CCN(c6cnccn6)CC5)[nH+]cc4cc3-c3ccccc3)cc2)CCC1. The smallest absolute Gasteiger partial charge is 0.347 e. The molecule has 0 bridgehead atoms. The minimum atomic E-state index is -0.173. The van der Waals surface area contributed by atoms with Crippen LogP contribution in [-0.2, 0) is 5.54 Å². The second-order valence-electron chi connectivity index (χ2n) is 10.6. The van der Waals surface area contributed by atoms with Crippen LogP contribution in [0.15, 0.2) is 85.5 Å². The molecule has 1 aliphatic carbocycles. The van der Waals surface area contributed by atoms with E-state index < -0.39 is 0 Å². The van der Waals surface area contributed by atoms with Crippen molar-refractivity contribution in [2.24, 2.45) is 5.73 Å². The number of H-pyrrole nitrogens is 2. The standard InChI is InChI=1S/C31H30N8/c32-31(11-4-12-31)25-9-7-23(8-10-25)28-26(22-5-2-1-3-6-22)19-24-20-35-30(37-29(24)36-28)39-17-15-38(16-18-39)27-21-33-13-14-34-27/h1-3,5-10,13-14,19-21H,4,11-12,15-18,32H2/p+2. The summed E-state index contributed by atoms with van der Waals surface area (Å²) in [5.74, 6) is 1.88. The van der Waals surface area contributed by atoms with Crippen LogP contribution >= 0.6 is 0 Å². The third kappa shape index (κ3) is 4.46. The van der Waals surface area contributed by atoms with Crippen molar-refractivity contribution >= 4 is 22.8 Å². The van der Waals surface area contributed by atoms with Gasteiger partial charge in [-0.1, -0.05) is 54.6 Å². The molecule has 1 saturated heterocycles. The molecule has 7 rings (SSSR count). The summed E-state index contributed by atoms with van der Waals surface area (Å²) < 4.78 is 0. The first-order valence-electron chi connectivity index (χ1n) is 13.7. The van der Waals surface area contributed by atoms with Gasteiger partial charge in [0.15, 0.2) is 5.69 Å². The van der Waals surface area contributed by atoms with Crippen LogP contribution in [0.25, 0.3) is 33.4 Å². The molecule has 194 valence electrons. The van der Waals surface area contributed by atoms with E-state index in [9.17, 15) is 0 Å². The Kier molecular flexibility index (Phi) is 5.89. The van der Waals surface area contributed by atoms with E-state index in [1.54, 1.807) is 12.4 Å². The van der Waals surface area contributed by atoms with E-state index in [1.165, 1.54) is 12.0 Å². The molecule has 0 spiro atoms. The van der Waals surface area contributed by atoms with Gasteiger partial charge < -0.3 is 10.6 Å². The number of nitrogens with one attached hydrogen (secondary N) is 2. The summed E-state index contributed by atoms with van der Waals surface area (Å²) in [6.07, 6.45) is 10.6. The number of nitrogens with zero attached hydrogens (tertiary/aromatic N) is 5. The van der Waals surface area contributed by atoms with Crippen molar-refractivity contribution in [3.63, 3.8) is 0 Å². The highest BCUT2D eigenvalue weighted by Gasteiger charge is 2.34. The van der Waals surface area contributed by atoms with Crippen LogP contribution in [-0.4, -0.2) is 41.1 Å². The van der Waals surface area contributed by atoms with E-state index in [1.807, 2.05) is 12.3 Å². The lowest BCUT2D eigenvalue weighted by atomic mass is 9.72. The zero-order valence-corrected chi connectivity index (χ0v) is 21.8. The van der Waals surface area contributed by atoms with Gasteiger partial charge in [-0.15, -0.1) is 0 Å². The number of aromatic amines is 2. The average Bonchev–Trinajstić information content (AvgIpc) is 3.00. The summed E-state index contributed by atoms with van der Waals surface area (Å²) in [7, 11) is 0. The molecule has 0 unspecified atom stereocenters. The summed E-state index contributed by atoms with van der Waals surface area (Å²) in [4.78, 5) is 25.5. The summed E-state index contributed by atoms with van der Waals surface area (Å²) in [5, 5.41) is 1.03. The number of benzene rings is 2. The Morgan fingerprint density at radius 2 is 1.62 bits per heavy atom. The lowest BCUT2D eigenvalue weighted by molar-refractivity contribution is -0.490. The summed E-state index contributed by atoms with van der Waals surface area (Å²) >= 11 is 0. The number of fused-ring (bicyclic) bond motifs is 1. The zero-order chi connectivity index (χ0) is 26.2. The van der Waals surface area contributed by atoms with Gasteiger partial charge >= 0.3 is 11.6 Å². The molecule has 8 heteroatoms. The molecule has 39 heavy (non-hydrogen) atoms. The number of hydrogen-bond donors (Lipinski definition) is 1. The summed E-state index contributed by atoms with van der Waals surface area (Å²) in [5.41, 5.74) is 12.8. The summed E-state index contributed by atoms with van der Waals surface area (Å²) in [6.45, 7) is 3.48. The van der Waals surface area contributed by atoms with E-state index in [-0.39, 0.29) is 5.54 Å². The fourth-order valence-corrected chi connectivity index (χ4v) is 5.68. The predicted octanol–water partition coefficient (Wildman–Crippen LogP) is 3.65. The number of rotatable bonds is 5. The summed E-state index contributed by atoms with van der Waals surface area (Å²) in [6, 6.07) is 21.4. The first-order chi connectivity index (χ1) is 19.2. The van der Waals surface area contributed by atoms with Gasteiger partial charge in [-0.05, 0) is 41.4 Å². The minimum Gasteiger partial charge on any atom is -0.347 e. The Morgan fingerprint density at radius 3 is 2.31 bits per heavy atom. The highest BCUT2D eigenvalue weighted by atomic mass is 15.3. The monoisotopic (exact) mass is 516 g/mol. The molecule has 5 aromatic rings. The molecule has 4 heterocycles. The second kappa shape index (κ2) is 9.71. The normalized spacial score (nSPS) is 16.7. The van der Waals surface area contributed by atoms with Gasteiger partial charge in [0.1, 0.15) is 30.5 Å².